The van der Waals surface area contributed by atoms with Gasteiger partial charge in [-0.25, -0.2) is 4.98 Å². The first kappa shape index (κ1) is 16.6. The maximum absolute atomic E-state index is 11.4. The van der Waals surface area contributed by atoms with Crippen molar-refractivity contribution in [3.63, 3.8) is 0 Å². The van der Waals surface area contributed by atoms with Crippen LogP contribution in [0.15, 0.2) is 66.9 Å². The molecule has 0 bridgehead atoms. The Morgan fingerprint density at radius 3 is 2.59 bits per heavy atom. The summed E-state index contributed by atoms with van der Waals surface area (Å²) in [6.45, 7) is 1.94. The Kier molecular flexibility index (Phi) is 4.21. The van der Waals surface area contributed by atoms with E-state index in [-0.39, 0.29) is 11.7 Å². The van der Waals surface area contributed by atoms with E-state index in [1.165, 1.54) is 6.07 Å². The van der Waals surface area contributed by atoms with Crippen molar-refractivity contribution < 1.29 is 4.92 Å². The first-order valence-electron chi connectivity index (χ1n) is 8.40. The van der Waals surface area contributed by atoms with Crippen LogP contribution in [0.1, 0.15) is 18.8 Å². The highest BCUT2D eigenvalue weighted by atomic mass is 16.6. The van der Waals surface area contributed by atoms with E-state index in [0.717, 1.165) is 11.5 Å². The van der Waals surface area contributed by atoms with Gasteiger partial charge in [0.05, 0.1) is 11.0 Å². The zero-order valence-corrected chi connectivity index (χ0v) is 14.5. The van der Waals surface area contributed by atoms with Crippen molar-refractivity contribution >= 4 is 17.2 Å². The van der Waals surface area contributed by atoms with Crippen molar-refractivity contribution in [2.24, 2.45) is 0 Å². The molecule has 0 saturated heterocycles. The molecule has 3 heterocycles. The van der Waals surface area contributed by atoms with E-state index in [0.29, 0.717) is 17.1 Å². The van der Waals surface area contributed by atoms with Crippen LogP contribution < -0.4 is 5.32 Å². The lowest BCUT2D eigenvalue weighted by atomic mass is 10.1. The number of pyridine rings is 2. The molecule has 3 aromatic heterocycles. The number of benzene rings is 1. The zero-order chi connectivity index (χ0) is 18.8. The lowest BCUT2D eigenvalue weighted by Crippen LogP contribution is -2.12. The third-order valence-electron chi connectivity index (χ3n) is 4.21. The van der Waals surface area contributed by atoms with Gasteiger partial charge in [0.15, 0.2) is 17.2 Å². The van der Waals surface area contributed by atoms with Crippen LogP contribution in [0.25, 0.3) is 16.9 Å². The Labute approximate surface area is 154 Å². The van der Waals surface area contributed by atoms with Gasteiger partial charge in [-0.2, -0.15) is 0 Å². The molecule has 1 N–H and O–H groups in total. The van der Waals surface area contributed by atoms with Crippen molar-refractivity contribution in [2.75, 3.05) is 5.32 Å². The van der Waals surface area contributed by atoms with Gasteiger partial charge in [-0.05, 0) is 25.1 Å². The van der Waals surface area contributed by atoms with Crippen LogP contribution in [0.4, 0.5) is 11.5 Å². The minimum Gasteiger partial charge on any atom is -0.360 e. The third-order valence-corrected chi connectivity index (χ3v) is 4.21. The highest BCUT2D eigenvalue weighted by molar-refractivity contribution is 5.71. The number of fused-ring (bicyclic) bond motifs is 1. The number of hydrogen-bond donors (Lipinski definition) is 1. The van der Waals surface area contributed by atoms with Crippen LogP contribution in [-0.4, -0.2) is 24.5 Å². The molecule has 1 unspecified atom stereocenters. The summed E-state index contributed by atoms with van der Waals surface area (Å²) in [7, 11) is 0. The molecular formula is C19H16N6O2. The lowest BCUT2D eigenvalue weighted by Gasteiger charge is -2.14. The summed E-state index contributed by atoms with van der Waals surface area (Å²) >= 11 is 0. The second-order valence-electron chi connectivity index (χ2n) is 6.04. The van der Waals surface area contributed by atoms with Crippen molar-refractivity contribution in [3.05, 3.63) is 82.8 Å². The van der Waals surface area contributed by atoms with Gasteiger partial charge >= 0.3 is 0 Å². The quantitative estimate of drug-likeness (QED) is 0.428. The Bertz CT molecular complexity index is 1110. The normalized spacial score (nSPS) is 12.0. The van der Waals surface area contributed by atoms with E-state index >= 15 is 0 Å². The van der Waals surface area contributed by atoms with Gasteiger partial charge < -0.3 is 5.32 Å². The van der Waals surface area contributed by atoms with Crippen LogP contribution in [0.2, 0.25) is 0 Å². The Balaban J connectivity index is 1.69. The molecule has 1 aromatic carbocycles. The molecule has 8 heteroatoms. The van der Waals surface area contributed by atoms with E-state index < -0.39 is 4.92 Å². The van der Waals surface area contributed by atoms with Gasteiger partial charge in [0.1, 0.15) is 5.82 Å². The number of anilines is 1. The highest BCUT2D eigenvalue weighted by Gasteiger charge is 2.19. The van der Waals surface area contributed by atoms with Crippen LogP contribution in [-0.2, 0) is 0 Å². The molecule has 134 valence electrons. The van der Waals surface area contributed by atoms with Crippen LogP contribution in [0.5, 0.6) is 0 Å². The number of hydrogen-bond acceptors (Lipinski definition) is 6. The second kappa shape index (κ2) is 6.83. The van der Waals surface area contributed by atoms with Gasteiger partial charge in [0.25, 0.3) is 5.69 Å². The largest absolute Gasteiger partial charge is 0.360 e. The predicted molar refractivity (Wildman–Crippen MR) is 101 cm³/mol. The monoisotopic (exact) mass is 360 g/mol. The molecular weight excluding hydrogens is 344 g/mol. The molecule has 1 atom stereocenters. The van der Waals surface area contributed by atoms with E-state index in [4.69, 9.17) is 0 Å². The van der Waals surface area contributed by atoms with Gasteiger partial charge in [0, 0.05) is 17.8 Å². The molecule has 0 radical (unpaired) electrons. The molecule has 27 heavy (non-hydrogen) atoms. The second-order valence-corrected chi connectivity index (χ2v) is 6.04. The summed E-state index contributed by atoms with van der Waals surface area (Å²) in [6.07, 6.45) is 1.89. The summed E-state index contributed by atoms with van der Waals surface area (Å²) in [5.74, 6) is 1.26. The minimum absolute atomic E-state index is 0.0349. The van der Waals surface area contributed by atoms with Crippen LogP contribution in [0.3, 0.4) is 0 Å². The Morgan fingerprint density at radius 2 is 1.81 bits per heavy atom. The molecule has 4 rings (SSSR count). The molecule has 0 fully saturated rings. The fourth-order valence-electron chi connectivity index (χ4n) is 2.93. The molecule has 4 aromatic rings. The van der Waals surface area contributed by atoms with E-state index in [2.05, 4.69) is 20.5 Å². The summed E-state index contributed by atoms with van der Waals surface area (Å²) in [5.41, 5.74) is 1.73. The van der Waals surface area contributed by atoms with Crippen molar-refractivity contribution in [1.82, 2.24) is 19.6 Å². The molecule has 0 spiro atoms. The summed E-state index contributed by atoms with van der Waals surface area (Å²) in [6, 6.07) is 17.7. The minimum atomic E-state index is -0.422. The standard InChI is InChI=1S/C19H16N6O2/c1-13(19-23-22-17-9-5-6-12-24(17)19)20-16-11-10-15(25(26)27)18(21-16)14-7-3-2-4-8-14/h2-13H,1H3,(H,20,21). The van der Waals surface area contributed by atoms with Gasteiger partial charge in [-0.1, -0.05) is 36.4 Å². The SMILES string of the molecule is CC(Nc1ccc([N+](=O)[O-])c(-c2ccccc2)n1)c1nnc2ccccn12. The average molecular weight is 360 g/mol. The maximum Gasteiger partial charge on any atom is 0.295 e. The maximum atomic E-state index is 11.4. The zero-order valence-electron chi connectivity index (χ0n) is 14.5. The number of nitrogens with zero attached hydrogens (tertiary/aromatic N) is 5. The smallest absolute Gasteiger partial charge is 0.295 e. The fraction of sp³-hybridized carbons (Fsp3) is 0.105. The predicted octanol–water partition coefficient (Wildman–Crippen LogP) is 3.87. The third kappa shape index (κ3) is 3.20. The molecule has 0 amide bonds. The first-order chi connectivity index (χ1) is 13.1. The molecule has 8 nitrogen and oxygen atoms in total. The highest BCUT2D eigenvalue weighted by Crippen LogP contribution is 2.30. The number of nitro groups is 1. The average Bonchev–Trinajstić information content (AvgIpc) is 3.13. The summed E-state index contributed by atoms with van der Waals surface area (Å²) in [5, 5.41) is 23.0. The van der Waals surface area contributed by atoms with Gasteiger partial charge in [-0.15, -0.1) is 10.2 Å². The molecule has 0 aliphatic rings. The summed E-state index contributed by atoms with van der Waals surface area (Å²) in [4.78, 5) is 15.4. The van der Waals surface area contributed by atoms with Crippen LogP contribution in [0, 0.1) is 10.1 Å². The van der Waals surface area contributed by atoms with Crippen molar-refractivity contribution in [1.29, 1.82) is 0 Å². The Morgan fingerprint density at radius 1 is 1.04 bits per heavy atom. The molecule has 0 aliphatic carbocycles. The van der Waals surface area contributed by atoms with Gasteiger partial charge in [0.2, 0.25) is 0 Å². The first-order valence-corrected chi connectivity index (χ1v) is 8.40. The topological polar surface area (TPSA) is 98.2 Å². The number of aromatic nitrogens is 4. The van der Waals surface area contributed by atoms with Gasteiger partial charge in [-0.3, -0.25) is 14.5 Å². The van der Waals surface area contributed by atoms with E-state index in [1.807, 2.05) is 53.9 Å². The van der Waals surface area contributed by atoms with Crippen molar-refractivity contribution in [3.8, 4) is 11.3 Å². The van der Waals surface area contributed by atoms with E-state index in [9.17, 15) is 10.1 Å². The summed E-state index contributed by atoms with van der Waals surface area (Å²) < 4.78 is 1.89. The van der Waals surface area contributed by atoms with Crippen molar-refractivity contribution in [2.45, 2.75) is 13.0 Å². The number of nitrogens with one attached hydrogen (secondary N) is 1. The molecule has 0 aliphatic heterocycles. The number of rotatable bonds is 5. The Hall–Kier alpha value is -3.81. The lowest BCUT2D eigenvalue weighted by molar-refractivity contribution is -0.384. The van der Waals surface area contributed by atoms with Crippen LogP contribution >= 0.6 is 0 Å². The molecule has 0 saturated carbocycles. The van der Waals surface area contributed by atoms with E-state index in [1.54, 1.807) is 18.2 Å². The fourth-order valence-corrected chi connectivity index (χ4v) is 2.93.